The Kier molecular flexibility index (Phi) is 32.0. The molecule has 0 aliphatic carbocycles. The maximum atomic E-state index is 10.7. The third-order valence-corrected chi connectivity index (χ3v) is 12.7. The molecule has 0 spiro atoms. The molecule has 6 heterocycles. The first-order chi connectivity index (χ1) is 42.3. The molecule has 2 radical (unpaired) electrons. The molecule has 4 aromatic carbocycles. The maximum Gasteiger partial charge on any atom is 0.522 e. The summed E-state index contributed by atoms with van der Waals surface area (Å²) in [7, 11) is -3.84. The van der Waals surface area contributed by atoms with Crippen LogP contribution in [0.5, 0.6) is 0 Å². The normalized spacial score (nSPS) is 11.1. The molecule has 3 N–H and O–H groups in total. The summed E-state index contributed by atoms with van der Waals surface area (Å²) in [5.74, 6) is 4.56. The summed E-state index contributed by atoms with van der Waals surface area (Å²) in [6.07, 6.45) is 3.67. The number of nitrogens with zero attached hydrogens (tertiary/aromatic N) is 10. The van der Waals surface area contributed by atoms with Crippen molar-refractivity contribution in [2.75, 3.05) is 14.2 Å². The Hall–Kier alpha value is -7.58. The largest absolute Gasteiger partial charge is 0.522 e. The second-order valence-electron chi connectivity index (χ2n) is 23.9. The number of alkyl halides is 3. The van der Waals surface area contributed by atoms with Crippen LogP contribution in [0.15, 0.2) is 176 Å². The van der Waals surface area contributed by atoms with E-state index in [2.05, 4.69) is 133 Å². The van der Waals surface area contributed by atoms with E-state index in [4.69, 9.17) is 53.1 Å². The molecule has 6 aromatic heterocycles. The van der Waals surface area contributed by atoms with Gasteiger partial charge in [-0.05, 0) is 55.2 Å². The molecule has 0 unspecified atom stereocenters. The molecule has 10 aromatic rings. The third-order valence-electron chi connectivity index (χ3n) is 12.1. The van der Waals surface area contributed by atoms with Crippen molar-refractivity contribution in [3.8, 4) is 67.8 Å². The van der Waals surface area contributed by atoms with Gasteiger partial charge < -0.3 is 25.2 Å². The van der Waals surface area contributed by atoms with E-state index >= 15 is 0 Å². The molecule has 0 saturated carbocycles. The van der Waals surface area contributed by atoms with E-state index in [0.29, 0.717) is 11.6 Å². The minimum Gasteiger partial charge on any atom is -0.400 e. The Morgan fingerprint density at radius 2 is 0.663 bits per heavy atom. The molecule has 10 rings (SSSR count). The maximum absolute atomic E-state index is 10.7. The fourth-order valence-corrected chi connectivity index (χ4v) is 7.39. The number of aliphatic hydroxyl groups excluding tert-OH is 2. The van der Waals surface area contributed by atoms with E-state index < -0.39 is 15.6 Å². The van der Waals surface area contributed by atoms with Crippen molar-refractivity contribution < 1.29 is 76.6 Å². The van der Waals surface area contributed by atoms with Gasteiger partial charge in [-0.3, -0.25) is 9.54 Å². The number of aryl methyl sites for hydroxylation is 2. The molecule has 0 saturated heterocycles. The second kappa shape index (κ2) is 36.6. The van der Waals surface area contributed by atoms with Crippen LogP contribution >= 0.6 is 0 Å². The van der Waals surface area contributed by atoms with E-state index in [9.17, 15) is 13.2 Å². The van der Waals surface area contributed by atoms with Crippen molar-refractivity contribution in [3.05, 3.63) is 229 Å². The molecular formula is C71H80F3Ir2N10O5S-3. The van der Waals surface area contributed by atoms with Crippen molar-refractivity contribution in [2.45, 2.75) is 124 Å². The monoisotopic (exact) mass is 1630 g/mol. The van der Waals surface area contributed by atoms with Crippen LogP contribution in [0.2, 0.25) is 0 Å². The smallest absolute Gasteiger partial charge is 0.400 e. The van der Waals surface area contributed by atoms with E-state index in [1.54, 1.807) is 0 Å². The van der Waals surface area contributed by atoms with Gasteiger partial charge in [-0.25, -0.2) is 29.9 Å². The third kappa shape index (κ3) is 25.8. The van der Waals surface area contributed by atoms with Crippen molar-refractivity contribution >= 4 is 10.1 Å². The molecule has 0 aliphatic rings. The van der Waals surface area contributed by atoms with Gasteiger partial charge in [0, 0.05) is 117 Å². The van der Waals surface area contributed by atoms with Gasteiger partial charge in [-0.2, -0.15) is 21.6 Å². The summed E-state index contributed by atoms with van der Waals surface area (Å²) in [5, 5.41) is 14.0. The Morgan fingerprint density at radius 1 is 0.359 bits per heavy atom. The second-order valence-corrected chi connectivity index (χ2v) is 25.3. The zero-order chi connectivity index (χ0) is 67.1. The summed E-state index contributed by atoms with van der Waals surface area (Å²) < 4.78 is 57.5. The van der Waals surface area contributed by atoms with Crippen LogP contribution in [-0.2, 0) is 72.0 Å². The van der Waals surface area contributed by atoms with Gasteiger partial charge in [0.15, 0.2) is 11.6 Å². The first kappa shape index (κ1) is 80.5. The quantitative estimate of drug-likeness (QED) is 0.0800. The Labute approximate surface area is 568 Å². The van der Waals surface area contributed by atoms with Gasteiger partial charge in [0.2, 0.25) is 0 Å². The van der Waals surface area contributed by atoms with Crippen LogP contribution in [0.3, 0.4) is 0 Å². The van der Waals surface area contributed by atoms with Crippen LogP contribution < -0.4 is 0 Å². The molecule has 0 bridgehead atoms. The molecular weight excluding hydrogens is 1550 g/mol. The molecule has 0 fully saturated rings. The van der Waals surface area contributed by atoms with Crippen LogP contribution in [0.25, 0.3) is 67.8 Å². The minimum atomic E-state index is -5.84. The van der Waals surface area contributed by atoms with Gasteiger partial charge in [-0.1, -0.05) is 150 Å². The molecule has 0 aliphatic heterocycles. The summed E-state index contributed by atoms with van der Waals surface area (Å²) in [6.45, 7) is 29.4. The fourth-order valence-electron chi connectivity index (χ4n) is 7.39. The van der Waals surface area contributed by atoms with Gasteiger partial charge in [-0.15, -0.1) is 108 Å². The van der Waals surface area contributed by atoms with E-state index in [0.717, 1.165) is 105 Å². The minimum absolute atomic E-state index is 0. The van der Waals surface area contributed by atoms with Crippen molar-refractivity contribution in [1.29, 1.82) is 0 Å². The van der Waals surface area contributed by atoms with Crippen molar-refractivity contribution in [1.82, 2.24) is 49.8 Å². The number of pyridine rings is 4. The number of hydrogen-bond donors (Lipinski definition) is 3. The Balaban J connectivity index is 0.000000406. The van der Waals surface area contributed by atoms with Crippen LogP contribution in [0.1, 0.15) is 118 Å². The molecule has 92 heavy (non-hydrogen) atoms. The zero-order valence-electron chi connectivity index (χ0n) is 54.6. The van der Waals surface area contributed by atoms with Crippen molar-refractivity contribution in [3.63, 3.8) is 0 Å². The molecule has 492 valence electrons. The number of aromatic nitrogens is 10. The molecule has 21 heteroatoms. The molecule has 15 nitrogen and oxygen atoms in total. The molecule has 0 atom stereocenters. The number of rotatable bonds is 6. The number of halogens is 3. The number of benzene rings is 4. The van der Waals surface area contributed by atoms with Crippen molar-refractivity contribution in [2.24, 2.45) is 0 Å². The molecule has 0 amide bonds. The average Bonchev–Trinajstić information content (AvgIpc) is 0.817. The zero-order valence-corrected chi connectivity index (χ0v) is 60.2. The van der Waals surface area contributed by atoms with E-state index in [1.165, 1.54) is 0 Å². The predicted molar refractivity (Wildman–Crippen MR) is 351 cm³/mol. The van der Waals surface area contributed by atoms with Gasteiger partial charge in [0.1, 0.15) is 23.3 Å². The Bertz CT molecular complexity index is 3590. The van der Waals surface area contributed by atoms with Gasteiger partial charge >= 0.3 is 15.6 Å². The summed E-state index contributed by atoms with van der Waals surface area (Å²) >= 11 is 0. The average molecular weight is 1630 g/mol. The van der Waals surface area contributed by atoms with Gasteiger partial charge in [0.25, 0.3) is 0 Å². The SMILES string of the molecule is CC(C)(C)c1nc(-c2ccc(-c3[c-]cccc3)nc2)nc(C(C)(C)C)n1.CC(C)(C)c1nc(-c2ccc(-c3ccccc3)nc2)nc(C(C)(C)C)n1.CO.CO.Cc1cccc(-c2[c-]cccc2)n1.Cc1cccc(-c2[c-]cccc2)n1.O=S(=O)(O)C(F)(F)F.[Ir].[Ir]. The van der Waals surface area contributed by atoms with Crippen LogP contribution in [0.4, 0.5) is 13.2 Å². The fraction of sp³-hybridized carbons (Fsp3) is 0.296. The number of aliphatic hydroxyl groups is 2. The van der Waals surface area contributed by atoms with Crippen LogP contribution in [-0.4, -0.2) is 92.8 Å². The summed E-state index contributed by atoms with van der Waals surface area (Å²) in [4.78, 5) is 46.4. The first-order valence-corrected chi connectivity index (χ1v) is 29.9. The van der Waals surface area contributed by atoms with E-state index in [1.807, 2.05) is 178 Å². The van der Waals surface area contributed by atoms with Gasteiger partial charge in [0.05, 0.1) is 5.69 Å². The topological polar surface area (TPSA) is 224 Å². The number of hydrogen-bond acceptors (Lipinski definition) is 14. The standard InChI is InChI=1S/C22H26N4.C22H25N4.2C12H10N.CHF3O3S.2CH4O.2Ir/c2*1-21(2,3)19-24-18(25-20(26-19)22(4,5)6)16-12-13-17(23-14-16)15-10-8-7-9-11-15;2*1-10-6-5-9-12(13-10)11-7-3-2-4-8-11;2-1(3,4)8(5,6)7;2*1-2;;/h7-14H,1-6H3;7-10,12-14H,1-6H3;2*2-7,9H,1H3;(H,5,6,7);2*2H,1H3;;/q;3*-1;;;;;. The summed E-state index contributed by atoms with van der Waals surface area (Å²) in [6, 6.07) is 63.3. The van der Waals surface area contributed by atoms with E-state index in [-0.39, 0.29) is 61.9 Å². The Morgan fingerprint density at radius 3 is 0.924 bits per heavy atom. The van der Waals surface area contributed by atoms with Crippen LogP contribution in [0, 0.1) is 32.0 Å². The predicted octanol–water partition coefficient (Wildman–Crippen LogP) is 15.5. The summed E-state index contributed by atoms with van der Waals surface area (Å²) in [5.41, 5.74) is 5.71. The first-order valence-electron chi connectivity index (χ1n) is 28.5.